The Morgan fingerprint density at radius 3 is 2.74 bits per heavy atom. The van der Waals surface area contributed by atoms with Crippen molar-refractivity contribution in [1.29, 1.82) is 0 Å². The summed E-state index contributed by atoms with van der Waals surface area (Å²) in [5.74, 6) is 1.07. The van der Waals surface area contributed by atoms with Crippen LogP contribution in [0.4, 0.5) is 0 Å². The number of furan rings is 1. The second-order valence-electron chi connectivity index (χ2n) is 6.09. The van der Waals surface area contributed by atoms with Gasteiger partial charge in [0, 0.05) is 13.1 Å². The molecular formula is C16H28N2O. The lowest BCUT2D eigenvalue weighted by atomic mass is 9.73. The van der Waals surface area contributed by atoms with Crippen LogP contribution in [0, 0.1) is 5.41 Å². The number of hydrogen-bond acceptors (Lipinski definition) is 3. The average molecular weight is 264 g/mol. The molecule has 0 aromatic carbocycles. The van der Waals surface area contributed by atoms with Crippen molar-refractivity contribution in [2.75, 3.05) is 26.7 Å². The Balaban J connectivity index is 1.90. The molecule has 0 bridgehead atoms. The molecule has 0 spiro atoms. The van der Waals surface area contributed by atoms with Crippen LogP contribution in [0.1, 0.15) is 44.8 Å². The zero-order valence-corrected chi connectivity index (χ0v) is 12.5. The van der Waals surface area contributed by atoms with E-state index in [2.05, 4.69) is 30.3 Å². The highest BCUT2D eigenvalue weighted by Gasteiger charge is 2.32. The number of nitrogens with one attached hydrogen (secondary N) is 1. The molecule has 0 atom stereocenters. The van der Waals surface area contributed by atoms with Crippen molar-refractivity contribution in [2.45, 2.75) is 45.6 Å². The molecule has 108 valence electrons. The third-order valence-electron chi connectivity index (χ3n) is 4.28. The molecule has 3 heteroatoms. The van der Waals surface area contributed by atoms with Crippen LogP contribution in [-0.4, -0.2) is 31.6 Å². The smallest absolute Gasteiger partial charge is 0.117 e. The van der Waals surface area contributed by atoms with Crippen LogP contribution in [0.25, 0.3) is 0 Å². The van der Waals surface area contributed by atoms with Crippen molar-refractivity contribution in [3.05, 3.63) is 24.2 Å². The molecule has 0 unspecified atom stereocenters. The molecule has 0 aliphatic heterocycles. The van der Waals surface area contributed by atoms with Crippen LogP contribution < -0.4 is 5.32 Å². The molecule has 19 heavy (non-hydrogen) atoms. The first-order valence-electron chi connectivity index (χ1n) is 7.66. The van der Waals surface area contributed by atoms with E-state index in [-0.39, 0.29) is 0 Å². The van der Waals surface area contributed by atoms with Crippen LogP contribution in [-0.2, 0) is 6.54 Å². The summed E-state index contributed by atoms with van der Waals surface area (Å²) in [4.78, 5) is 2.42. The Morgan fingerprint density at radius 2 is 2.11 bits per heavy atom. The summed E-state index contributed by atoms with van der Waals surface area (Å²) in [6, 6.07) is 4.03. The molecule has 0 saturated heterocycles. The summed E-state index contributed by atoms with van der Waals surface area (Å²) in [6.07, 6.45) is 8.68. The topological polar surface area (TPSA) is 28.4 Å². The Hall–Kier alpha value is -0.800. The van der Waals surface area contributed by atoms with Gasteiger partial charge in [0.05, 0.1) is 12.8 Å². The van der Waals surface area contributed by atoms with Gasteiger partial charge in [-0.1, -0.05) is 26.2 Å². The molecule has 1 aromatic rings. The summed E-state index contributed by atoms with van der Waals surface area (Å²) in [5, 5.41) is 3.57. The lowest BCUT2D eigenvalue weighted by Crippen LogP contribution is -2.44. The molecule has 0 amide bonds. The lowest BCUT2D eigenvalue weighted by molar-refractivity contribution is 0.110. The monoisotopic (exact) mass is 264 g/mol. The van der Waals surface area contributed by atoms with Gasteiger partial charge in [-0.05, 0) is 44.0 Å². The molecule has 3 nitrogen and oxygen atoms in total. The maximum atomic E-state index is 5.45. The summed E-state index contributed by atoms with van der Waals surface area (Å²) in [5.41, 5.74) is 0.468. The minimum atomic E-state index is 0.468. The Kier molecular flexibility index (Phi) is 5.46. The molecule has 2 rings (SSSR count). The van der Waals surface area contributed by atoms with E-state index in [4.69, 9.17) is 4.42 Å². The van der Waals surface area contributed by atoms with E-state index in [9.17, 15) is 0 Å². The van der Waals surface area contributed by atoms with E-state index in [1.165, 1.54) is 38.6 Å². The maximum Gasteiger partial charge on any atom is 0.117 e. The molecule has 1 aliphatic carbocycles. The Labute approximate surface area is 117 Å². The summed E-state index contributed by atoms with van der Waals surface area (Å²) >= 11 is 0. The molecule has 1 aliphatic rings. The quantitative estimate of drug-likeness (QED) is 0.819. The highest BCUT2D eigenvalue weighted by molar-refractivity contribution is 4.98. The lowest BCUT2D eigenvalue weighted by Gasteiger charge is -2.40. The van der Waals surface area contributed by atoms with Crippen molar-refractivity contribution >= 4 is 0 Å². The largest absolute Gasteiger partial charge is 0.468 e. The first-order valence-corrected chi connectivity index (χ1v) is 7.66. The number of hydrogen-bond donors (Lipinski definition) is 1. The van der Waals surface area contributed by atoms with E-state index in [0.717, 1.165) is 25.4 Å². The standard InChI is InChI=1S/C16H28N2O/c1-3-17-13-16(9-5-4-6-10-16)14-18(2)12-15-8-7-11-19-15/h7-8,11,17H,3-6,9-10,12-14H2,1-2H3. The molecule has 0 radical (unpaired) electrons. The van der Waals surface area contributed by atoms with Gasteiger partial charge in [-0.2, -0.15) is 0 Å². The molecule has 1 aromatic heterocycles. The van der Waals surface area contributed by atoms with Gasteiger partial charge < -0.3 is 9.73 Å². The van der Waals surface area contributed by atoms with E-state index in [1.54, 1.807) is 6.26 Å². The third kappa shape index (κ3) is 4.36. The minimum absolute atomic E-state index is 0.468. The molecule has 1 fully saturated rings. The summed E-state index contributed by atoms with van der Waals surface area (Å²) < 4.78 is 5.45. The maximum absolute atomic E-state index is 5.45. The highest BCUT2D eigenvalue weighted by atomic mass is 16.3. The molecular weight excluding hydrogens is 236 g/mol. The zero-order valence-electron chi connectivity index (χ0n) is 12.5. The van der Waals surface area contributed by atoms with E-state index in [0.29, 0.717) is 5.41 Å². The van der Waals surface area contributed by atoms with Crippen molar-refractivity contribution in [3.63, 3.8) is 0 Å². The van der Waals surface area contributed by atoms with Gasteiger partial charge in [0.1, 0.15) is 5.76 Å². The van der Waals surface area contributed by atoms with Crippen LogP contribution in [0.5, 0.6) is 0 Å². The summed E-state index contributed by atoms with van der Waals surface area (Å²) in [7, 11) is 2.21. The van der Waals surface area contributed by atoms with Crippen molar-refractivity contribution in [2.24, 2.45) is 5.41 Å². The second kappa shape index (κ2) is 7.11. The fraction of sp³-hybridized carbons (Fsp3) is 0.750. The normalized spacial score (nSPS) is 18.9. The van der Waals surface area contributed by atoms with E-state index < -0.39 is 0 Å². The highest BCUT2D eigenvalue weighted by Crippen LogP contribution is 2.36. The summed E-state index contributed by atoms with van der Waals surface area (Å²) in [6.45, 7) is 6.51. The molecule has 1 N–H and O–H groups in total. The fourth-order valence-corrected chi connectivity index (χ4v) is 3.38. The molecule has 1 saturated carbocycles. The van der Waals surface area contributed by atoms with Crippen LogP contribution in [0.2, 0.25) is 0 Å². The van der Waals surface area contributed by atoms with Crippen molar-refractivity contribution in [1.82, 2.24) is 10.2 Å². The first kappa shape index (κ1) is 14.6. The van der Waals surface area contributed by atoms with Gasteiger partial charge in [-0.15, -0.1) is 0 Å². The third-order valence-corrected chi connectivity index (χ3v) is 4.28. The van der Waals surface area contributed by atoms with E-state index >= 15 is 0 Å². The molecule has 1 heterocycles. The van der Waals surface area contributed by atoms with Gasteiger partial charge in [-0.3, -0.25) is 4.90 Å². The zero-order chi connectivity index (χ0) is 13.6. The van der Waals surface area contributed by atoms with Gasteiger partial charge in [0.2, 0.25) is 0 Å². The van der Waals surface area contributed by atoms with Gasteiger partial charge >= 0.3 is 0 Å². The Morgan fingerprint density at radius 1 is 1.32 bits per heavy atom. The van der Waals surface area contributed by atoms with Gasteiger partial charge in [0.15, 0.2) is 0 Å². The Bertz CT molecular complexity index is 342. The van der Waals surface area contributed by atoms with Crippen molar-refractivity contribution < 1.29 is 4.42 Å². The van der Waals surface area contributed by atoms with Gasteiger partial charge in [-0.25, -0.2) is 0 Å². The number of nitrogens with zero attached hydrogens (tertiary/aromatic N) is 1. The number of rotatable bonds is 7. The van der Waals surface area contributed by atoms with E-state index in [1.807, 2.05) is 6.07 Å². The van der Waals surface area contributed by atoms with Crippen molar-refractivity contribution in [3.8, 4) is 0 Å². The van der Waals surface area contributed by atoms with Crippen LogP contribution in [0.3, 0.4) is 0 Å². The predicted molar refractivity (Wildman–Crippen MR) is 79.1 cm³/mol. The van der Waals surface area contributed by atoms with Crippen LogP contribution in [0.15, 0.2) is 22.8 Å². The first-order chi connectivity index (χ1) is 9.24. The van der Waals surface area contributed by atoms with Crippen LogP contribution >= 0.6 is 0 Å². The fourth-order valence-electron chi connectivity index (χ4n) is 3.38. The second-order valence-corrected chi connectivity index (χ2v) is 6.09. The SMILES string of the molecule is CCNCC1(CN(C)Cc2ccco2)CCCCC1. The predicted octanol–water partition coefficient (Wildman–Crippen LogP) is 3.27. The average Bonchev–Trinajstić information content (AvgIpc) is 2.90. The van der Waals surface area contributed by atoms with Gasteiger partial charge in [0.25, 0.3) is 0 Å². The minimum Gasteiger partial charge on any atom is -0.468 e.